The Hall–Kier alpha value is -5.04. The van der Waals surface area contributed by atoms with Gasteiger partial charge in [-0.2, -0.15) is 0 Å². The van der Waals surface area contributed by atoms with Gasteiger partial charge in [0.15, 0.2) is 39.5 Å². The highest BCUT2D eigenvalue weighted by Crippen LogP contribution is 2.56. The average Bonchev–Trinajstić information content (AvgIpc) is 3.88. The van der Waals surface area contributed by atoms with Gasteiger partial charge in [-0.15, -0.1) is 0 Å². The fourth-order valence-electron chi connectivity index (χ4n) is 9.32. The summed E-state index contributed by atoms with van der Waals surface area (Å²) >= 11 is 0. The standard InChI is InChI=1S/C27H36N2O4Si.C26H34N2O5Si/c1-18-13-12-16-20-22(29(5)6)23-21(24(30)27(18,20)33-34(7,8)26(2,3)4)25(28-32-23)31-17-19-14-10-9-11-15-19;1-25(2,3)34(6,7)33-26-18(14-11-15-19(26)29)21(28(4)5)22-20(23(26)30)24(27-32-22)31-16-17-12-9-8-10-13-17/h9-16,20,22H,17H2,1-8H3;8-13,15,18,21H,14,16H2,1-7H3/t20-,22-,27+;18-,21-,26-/m00/s1. The quantitative estimate of drug-likeness (QED) is 0.0981. The van der Waals surface area contributed by atoms with Crippen LogP contribution in [-0.2, 0) is 26.9 Å². The Bertz CT molecular complexity index is 2570. The van der Waals surface area contributed by atoms with Crippen LogP contribution in [0.1, 0.15) is 110 Å². The molecule has 0 saturated carbocycles. The Balaban J connectivity index is 0.000000201. The zero-order chi connectivity index (χ0) is 49.8. The molecule has 0 radical (unpaired) electrons. The molecule has 4 aliphatic rings. The van der Waals surface area contributed by atoms with Crippen molar-refractivity contribution in [3.05, 3.63) is 130 Å². The van der Waals surface area contributed by atoms with Gasteiger partial charge in [-0.1, -0.05) is 127 Å². The highest BCUT2D eigenvalue weighted by atomic mass is 28.4. The molecule has 2 aromatic carbocycles. The Kier molecular flexibility index (Phi) is 14.0. The summed E-state index contributed by atoms with van der Waals surface area (Å²) in [6.07, 6.45) is 9.95. The Morgan fingerprint density at radius 1 is 0.676 bits per heavy atom. The molecule has 364 valence electrons. The van der Waals surface area contributed by atoms with Gasteiger partial charge < -0.3 is 27.4 Å². The number of fused-ring (bicyclic) bond motifs is 4. The summed E-state index contributed by atoms with van der Waals surface area (Å²) in [5.41, 5.74) is 0.692. The Morgan fingerprint density at radius 2 is 1.12 bits per heavy atom. The summed E-state index contributed by atoms with van der Waals surface area (Å²) < 4.78 is 37.5. The third kappa shape index (κ3) is 8.90. The molecule has 13 nitrogen and oxygen atoms in total. The molecular weight excluding hydrogens is 893 g/mol. The summed E-state index contributed by atoms with van der Waals surface area (Å²) in [6.45, 7) is 23.9. The van der Waals surface area contributed by atoms with Crippen molar-refractivity contribution in [3.8, 4) is 11.8 Å². The van der Waals surface area contributed by atoms with Crippen molar-refractivity contribution in [2.45, 2.75) is 128 Å². The predicted octanol–water partition coefficient (Wildman–Crippen LogP) is 10.9. The number of Topliss-reactive ketones (excluding diaryl/α,β-unsaturated/α-hetero) is 2. The van der Waals surface area contributed by atoms with Crippen LogP contribution in [0, 0.1) is 11.8 Å². The fraction of sp³-hybridized carbons (Fsp3) is 0.491. The predicted molar refractivity (Wildman–Crippen MR) is 267 cm³/mol. The number of hydrogen-bond acceptors (Lipinski definition) is 13. The molecule has 0 aliphatic heterocycles. The van der Waals surface area contributed by atoms with Crippen LogP contribution in [0.25, 0.3) is 0 Å². The van der Waals surface area contributed by atoms with Crippen LogP contribution in [0.15, 0.2) is 106 Å². The van der Waals surface area contributed by atoms with Crippen molar-refractivity contribution in [1.29, 1.82) is 0 Å². The number of aromatic nitrogens is 2. The average molecular weight is 963 g/mol. The maximum atomic E-state index is 14.5. The third-order valence-electron chi connectivity index (χ3n) is 15.0. The van der Waals surface area contributed by atoms with Gasteiger partial charge in [0.2, 0.25) is 11.6 Å². The molecule has 68 heavy (non-hydrogen) atoms. The van der Waals surface area contributed by atoms with E-state index in [9.17, 15) is 14.4 Å². The number of ether oxygens (including phenoxy) is 2. The van der Waals surface area contributed by atoms with E-state index in [4.69, 9.17) is 27.4 Å². The van der Waals surface area contributed by atoms with Gasteiger partial charge in [0.25, 0.3) is 11.8 Å². The maximum absolute atomic E-state index is 14.5. The van der Waals surface area contributed by atoms with Crippen molar-refractivity contribution < 1.29 is 41.8 Å². The summed E-state index contributed by atoms with van der Waals surface area (Å²) in [5.74, 6) is -0.208. The molecule has 0 bridgehead atoms. The van der Waals surface area contributed by atoms with Crippen LogP contribution in [0.3, 0.4) is 0 Å². The Morgan fingerprint density at radius 3 is 1.57 bits per heavy atom. The van der Waals surface area contributed by atoms with Crippen molar-refractivity contribution in [1.82, 2.24) is 20.1 Å². The lowest BCUT2D eigenvalue weighted by atomic mass is 9.65. The van der Waals surface area contributed by atoms with Crippen LogP contribution in [0.2, 0.25) is 36.3 Å². The molecule has 0 fully saturated rings. The lowest BCUT2D eigenvalue weighted by Gasteiger charge is -2.52. The molecule has 2 heterocycles. The molecule has 8 rings (SSSR count). The fourth-order valence-corrected chi connectivity index (χ4v) is 12.3. The molecule has 0 amide bonds. The highest BCUT2D eigenvalue weighted by molar-refractivity contribution is 6.75. The van der Waals surface area contributed by atoms with Crippen LogP contribution < -0.4 is 9.47 Å². The van der Waals surface area contributed by atoms with Gasteiger partial charge in [0, 0.05) is 11.8 Å². The first-order chi connectivity index (χ1) is 31.8. The van der Waals surface area contributed by atoms with Gasteiger partial charge >= 0.3 is 0 Å². The molecule has 6 atom stereocenters. The van der Waals surface area contributed by atoms with E-state index < -0.39 is 39.5 Å². The molecule has 4 aliphatic carbocycles. The van der Waals surface area contributed by atoms with E-state index in [-0.39, 0.29) is 63.6 Å². The second-order valence-corrected chi connectivity index (χ2v) is 31.5. The van der Waals surface area contributed by atoms with E-state index in [0.717, 1.165) is 16.7 Å². The summed E-state index contributed by atoms with van der Waals surface area (Å²) in [7, 11) is 2.93. The van der Waals surface area contributed by atoms with Crippen LogP contribution in [-0.4, -0.2) is 93.5 Å². The largest absolute Gasteiger partial charge is 0.470 e. The van der Waals surface area contributed by atoms with Crippen LogP contribution >= 0.6 is 0 Å². The summed E-state index contributed by atoms with van der Waals surface area (Å²) in [6, 6.07) is 18.9. The number of carbonyl (C=O) groups is 3. The third-order valence-corrected chi connectivity index (χ3v) is 23.9. The minimum Gasteiger partial charge on any atom is -0.470 e. The van der Waals surface area contributed by atoms with Gasteiger partial charge in [0.1, 0.15) is 29.9 Å². The van der Waals surface area contributed by atoms with Crippen molar-refractivity contribution in [2.24, 2.45) is 11.8 Å². The van der Waals surface area contributed by atoms with E-state index >= 15 is 0 Å². The number of hydrogen-bond donors (Lipinski definition) is 0. The topological polar surface area (TPSA) is 147 Å². The van der Waals surface area contributed by atoms with Crippen molar-refractivity contribution >= 4 is 34.0 Å². The number of allylic oxidation sites excluding steroid dienone is 3. The zero-order valence-corrected chi connectivity index (χ0v) is 44.6. The summed E-state index contributed by atoms with van der Waals surface area (Å²) in [4.78, 5) is 46.5. The Labute approximate surface area is 404 Å². The van der Waals surface area contributed by atoms with Gasteiger partial charge in [-0.3, -0.25) is 24.2 Å². The van der Waals surface area contributed by atoms with Gasteiger partial charge in [0.05, 0.1) is 12.1 Å². The van der Waals surface area contributed by atoms with Gasteiger partial charge in [-0.25, -0.2) is 0 Å². The molecule has 0 N–H and O–H groups in total. The SMILES string of the molecule is CC1=CC=C[C@H]2[C@H](N(C)C)c3onc(OCc4ccccc4)c3C(=O)[C@@]12O[Si](C)(C)C(C)(C)C.CN(C)[C@@H]1c2onc(OCc3ccccc3)c2C(=O)[C@@]2(O[Si](C)(C)C(C)(C)C)C(=O)C=CC[C@@H]12. The number of rotatable bonds is 12. The summed E-state index contributed by atoms with van der Waals surface area (Å²) in [5, 5.41) is 8.10. The molecular formula is C53H70N4O9Si2. The van der Waals surface area contributed by atoms with E-state index in [1.807, 2.05) is 119 Å². The van der Waals surface area contributed by atoms with E-state index in [1.54, 1.807) is 0 Å². The minimum atomic E-state index is -2.53. The molecule has 15 heteroatoms. The smallest absolute Gasteiger partial charge is 0.265 e. The second-order valence-electron chi connectivity index (χ2n) is 22.0. The second kappa shape index (κ2) is 18.7. The van der Waals surface area contributed by atoms with Crippen molar-refractivity contribution in [2.75, 3.05) is 28.2 Å². The molecule has 0 spiro atoms. The lowest BCUT2D eigenvalue weighted by molar-refractivity contribution is -0.135. The van der Waals surface area contributed by atoms with Crippen LogP contribution in [0.4, 0.5) is 0 Å². The molecule has 0 unspecified atom stereocenters. The first kappa shape index (κ1) is 50.8. The normalized spacial score (nSPS) is 24.7. The molecule has 4 aromatic rings. The van der Waals surface area contributed by atoms with E-state index in [2.05, 4.69) is 89.0 Å². The monoisotopic (exact) mass is 962 g/mol. The van der Waals surface area contributed by atoms with E-state index in [1.165, 1.54) is 6.08 Å². The molecule has 2 aromatic heterocycles. The lowest BCUT2D eigenvalue weighted by Crippen LogP contribution is -2.65. The number of carbonyl (C=O) groups excluding carboxylic acids is 3. The first-order valence-electron chi connectivity index (χ1n) is 23.5. The van der Waals surface area contributed by atoms with E-state index in [0.29, 0.717) is 30.1 Å². The first-order valence-corrected chi connectivity index (χ1v) is 29.3. The zero-order valence-electron chi connectivity index (χ0n) is 42.6. The molecule has 0 saturated heterocycles. The van der Waals surface area contributed by atoms with Gasteiger partial charge in [-0.05, 0) is 111 Å². The van der Waals surface area contributed by atoms with Crippen molar-refractivity contribution in [3.63, 3.8) is 0 Å². The number of nitrogens with zero attached hydrogens (tertiary/aromatic N) is 4. The number of benzene rings is 2. The minimum absolute atomic E-state index is 0.0663. The maximum Gasteiger partial charge on any atom is 0.265 e. The van der Waals surface area contributed by atoms with Crippen LogP contribution in [0.5, 0.6) is 11.8 Å². The highest BCUT2D eigenvalue weighted by Gasteiger charge is 2.66. The number of ketones is 3.